The van der Waals surface area contributed by atoms with Gasteiger partial charge in [-0.25, -0.2) is 0 Å². The summed E-state index contributed by atoms with van der Waals surface area (Å²) in [5.41, 5.74) is 0.997. The molecule has 3 heteroatoms. The van der Waals surface area contributed by atoms with Crippen molar-refractivity contribution in [1.29, 1.82) is 0 Å². The lowest BCUT2D eigenvalue weighted by Crippen LogP contribution is -1.90. The molecule has 0 unspecified atom stereocenters. The summed E-state index contributed by atoms with van der Waals surface area (Å²) < 4.78 is 5.12. The van der Waals surface area contributed by atoms with E-state index in [9.17, 15) is 0 Å². The number of hydrogen-bond donors (Lipinski definition) is 1. The molecule has 0 aliphatic rings. The zero-order chi connectivity index (χ0) is 9.68. The van der Waals surface area contributed by atoms with Crippen LogP contribution in [-0.2, 0) is 6.42 Å². The van der Waals surface area contributed by atoms with Crippen molar-refractivity contribution in [3.63, 3.8) is 0 Å². The van der Waals surface area contributed by atoms with Gasteiger partial charge < -0.3 is 9.84 Å². The molecule has 0 radical (unpaired) electrons. The summed E-state index contributed by atoms with van der Waals surface area (Å²) in [5, 5.41) is 9.15. The van der Waals surface area contributed by atoms with E-state index in [0.717, 1.165) is 17.6 Å². The van der Waals surface area contributed by atoms with Crippen molar-refractivity contribution in [3.8, 4) is 5.75 Å². The number of ether oxygens (including phenoxy) is 1. The minimum Gasteiger partial charge on any atom is -0.516 e. The van der Waals surface area contributed by atoms with Gasteiger partial charge in [-0.05, 0) is 30.2 Å². The van der Waals surface area contributed by atoms with Crippen LogP contribution in [0.4, 0.5) is 0 Å². The summed E-state index contributed by atoms with van der Waals surface area (Å²) in [4.78, 5) is 0. The van der Waals surface area contributed by atoms with E-state index in [4.69, 9.17) is 21.4 Å². The molecule has 0 aromatic heterocycles. The first-order valence-electron chi connectivity index (χ1n) is 3.89. The zero-order valence-corrected chi connectivity index (χ0v) is 8.08. The highest BCUT2D eigenvalue weighted by Crippen LogP contribution is 2.23. The number of halogens is 1. The van der Waals surface area contributed by atoms with E-state index in [0.29, 0.717) is 11.4 Å². The Balaban J connectivity index is 2.92. The van der Waals surface area contributed by atoms with Gasteiger partial charge in [-0.1, -0.05) is 17.7 Å². The van der Waals surface area contributed by atoms with Gasteiger partial charge in [0.15, 0.2) is 0 Å². The number of allylic oxidation sites excluding steroid dienone is 1. The second-order valence-electron chi connectivity index (χ2n) is 2.55. The van der Waals surface area contributed by atoms with Crippen LogP contribution in [0.3, 0.4) is 0 Å². The fourth-order valence-electron chi connectivity index (χ4n) is 1.07. The second kappa shape index (κ2) is 4.77. The van der Waals surface area contributed by atoms with Crippen LogP contribution in [0.1, 0.15) is 5.56 Å². The minimum absolute atomic E-state index is 0.636. The van der Waals surface area contributed by atoms with E-state index in [-0.39, 0.29) is 0 Å². The molecule has 70 valence electrons. The van der Waals surface area contributed by atoms with Gasteiger partial charge in [0.25, 0.3) is 0 Å². The highest BCUT2D eigenvalue weighted by atomic mass is 35.5. The van der Waals surface area contributed by atoms with E-state index >= 15 is 0 Å². The fourth-order valence-corrected chi connectivity index (χ4v) is 1.23. The Hall–Kier alpha value is -1.15. The van der Waals surface area contributed by atoms with Gasteiger partial charge >= 0.3 is 0 Å². The number of benzene rings is 1. The van der Waals surface area contributed by atoms with Gasteiger partial charge in [-0.15, -0.1) is 0 Å². The first-order valence-corrected chi connectivity index (χ1v) is 4.27. The van der Waals surface area contributed by atoms with Crippen LogP contribution >= 0.6 is 11.6 Å². The molecule has 0 fully saturated rings. The van der Waals surface area contributed by atoms with Crippen LogP contribution in [0.25, 0.3) is 0 Å². The Kier molecular flexibility index (Phi) is 3.65. The molecule has 2 nitrogen and oxygen atoms in total. The molecule has 0 saturated carbocycles. The highest BCUT2D eigenvalue weighted by molar-refractivity contribution is 6.30. The standard InChI is InChI=1S/C10H11ClO2/c1-13-10-7-9(11)5-4-8(10)3-2-6-12/h2,4-7,12H,3H2,1H3. The van der Waals surface area contributed by atoms with E-state index in [2.05, 4.69) is 0 Å². The molecule has 0 spiro atoms. The lowest BCUT2D eigenvalue weighted by atomic mass is 10.1. The van der Waals surface area contributed by atoms with Crippen molar-refractivity contribution >= 4 is 11.6 Å². The van der Waals surface area contributed by atoms with Crippen LogP contribution < -0.4 is 4.74 Å². The Morgan fingerprint density at radius 1 is 1.54 bits per heavy atom. The molecule has 1 rings (SSSR count). The molecule has 0 heterocycles. The average molecular weight is 199 g/mol. The first kappa shape index (κ1) is 9.93. The van der Waals surface area contributed by atoms with Crippen LogP contribution in [0.5, 0.6) is 5.75 Å². The third-order valence-corrected chi connectivity index (χ3v) is 1.93. The quantitative estimate of drug-likeness (QED) is 0.757. The van der Waals surface area contributed by atoms with Gasteiger partial charge in [-0.3, -0.25) is 0 Å². The van der Waals surface area contributed by atoms with Crippen LogP contribution in [0.15, 0.2) is 30.5 Å². The highest BCUT2D eigenvalue weighted by Gasteiger charge is 2.01. The van der Waals surface area contributed by atoms with Gasteiger partial charge in [0, 0.05) is 5.02 Å². The van der Waals surface area contributed by atoms with E-state index < -0.39 is 0 Å². The molecule has 1 N–H and O–H groups in total. The molecule has 13 heavy (non-hydrogen) atoms. The summed E-state index contributed by atoms with van der Waals surface area (Å²) in [6.45, 7) is 0. The number of aliphatic hydroxyl groups is 1. The smallest absolute Gasteiger partial charge is 0.123 e. The van der Waals surface area contributed by atoms with Crippen molar-refractivity contribution in [1.82, 2.24) is 0 Å². The zero-order valence-electron chi connectivity index (χ0n) is 7.33. The van der Waals surface area contributed by atoms with Crippen molar-refractivity contribution < 1.29 is 9.84 Å². The Morgan fingerprint density at radius 2 is 2.31 bits per heavy atom. The number of aliphatic hydroxyl groups excluding tert-OH is 1. The SMILES string of the molecule is COc1cc(Cl)ccc1CC=CO. The molecular weight excluding hydrogens is 188 g/mol. The third kappa shape index (κ3) is 2.67. The lowest BCUT2D eigenvalue weighted by Gasteiger charge is -2.06. The maximum atomic E-state index is 8.50. The van der Waals surface area contributed by atoms with Crippen molar-refractivity contribution in [3.05, 3.63) is 41.1 Å². The Labute approximate surface area is 82.4 Å². The molecule has 0 saturated heterocycles. The van der Waals surface area contributed by atoms with Crippen molar-refractivity contribution in [2.45, 2.75) is 6.42 Å². The molecule has 0 bridgehead atoms. The van der Waals surface area contributed by atoms with Crippen molar-refractivity contribution in [2.75, 3.05) is 7.11 Å². The number of methoxy groups -OCH3 is 1. The molecule has 1 aromatic carbocycles. The van der Waals surface area contributed by atoms with Gasteiger partial charge in [-0.2, -0.15) is 0 Å². The van der Waals surface area contributed by atoms with Gasteiger partial charge in [0.05, 0.1) is 13.4 Å². The first-order chi connectivity index (χ1) is 6.27. The van der Waals surface area contributed by atoms with Crippen LogP contribution in [0, 0.1) is 0 Å². The van der Waals surface area contributed by atoms with Gasteiger partial charge in [0.1, 0.15) is 5.75 Å². The van der Waals surface area contributed by atoms with E-state index in [1.807, 2.05) is 6.07 Å². The normalized spacial score (nSPS) is 10.6. The second-order valence-corrected chi connectivity index (χ2v) is 2.98. The van der Waals surface area contributed by atoms with E-state index in [1.165, 1.54) is 0 Å². The molecule has 0 aliphatic heterocycles. The summed E-state index contributed by atoms with van der Waals surface area (Å²) in [7, 11) is 1.60. The Bertz CT molecular complexity index is 308. The van der Waals surface area contributed by atoms with Gasteiger partial charge in [0.2, 0.25) is 0 Å². The predicted octanol–water partition coefficient (Wildman–Crippen LogP) is 2.96. The largest absolute Gasteiger partial charge is 0.516 e. The average Bonchev–Trinajstić information content (AvgIpc) is 2.16. The summed E-state index contributed by atoms with van der Waals surface area (Å²) in [6.07, 6.45) is 3.30. The number of hydrogen-bond acceptors (Lipinski definition) is 2. The summed E-state index contributed by atoms with van der Waals surface area (Å²) in [5.74, 6) is 0.741. The summed E-state index contributed by atoms with van der Waals surface area (Å²) in [6, 6.07) is 5.42. The molecule has 0 aliphatic carbocycles. The topological polar surface area (TPSA) is 29.5 Å². The molecule has 0 atom stereocenters. The molecule has 0 amide bonds. The molecular formula is C10H11ClO2. The van der Waals surface area contributed by atoms with Crippen LogP contribution in [0.2, 0.25) is 5.02 Å². The summed E-state index contributed by atoms with van der Waals surface area (Å²) >= 11 is 5.78. The van der Waals surface area contributed by atoms with Crippen LogP contribution in [-0.4, -0.2) is 12.2 Å². The number of rotatable bonds is 3. The maximum Gasteiger partial charge on any atom is 0.123 e. The third-order valence-electron chi connectivity index (χ3n) is 1.69. The van der Waals surface area contributed by atoms with Crippen molar-refractivity contribution in [2.24, 2.45) is 0 Å². The monoisotopic (exact) mass is 198 g/mol. The predicted molar refractivity (Wildman–Crippen MR) is 53.5 cm³/mol. The maximum absolute atomic E-state index is 8.50. The fraction of sp³-hybridized carbons (Fsp3) is 0.200. The Morgan fingerprint density at radius 3 is 2.92 bits per heavy atom. The minimum atomic E-state index is 0.636. The van der Waals surface area contributed by atoms with E-state index in [1.54, 1.807) is 25.3 Å². The lowest BCUT2D eigenvalue weighted by molar-refractivity contribution is 0.410. The molecule has 1 aromatic rings.